The summed E-state index contributed by atoms with van der Waals surface area (Å²) in [5.74, 6) is -3.91. The summed E-state index contributed by atoms with van der Waals surface area (Å²) < 4.78 is 54.1. The van der Waals surface area contributed by atoms with Gasteiger partial charge in [0.25, 0.3) is 0 Å². The van der Waals surface area contributed by atoms with E-state index < -0.39 is 59.1 Å². The number of carbonyl (C=O) groups excluding carboxylic acids is 3. The Morgan fingerprint density at radius 2 is 1.85 bits per heavy atom. The van der Waals surface area contributed by atoms with Crippen molar-refractivity contribution < 1.29 is 42.1 Å². The SMILES string of the molecule is COC(=O)[C@@H]1C[C@@H]2CN1C(=O)[C@H](C(C)(C)C)NC(=O)O[C@@H]1CC3C[C@@H]3[C@H]1CC/C=C/C(F)(F)c1nc3ccc(OC)cc3nc1O2. The molecule has 4 aliphatic rings. The predicted octanol–water partition coefficient (Wildman–Crippen LogP) is 4.77. The van der Waals surface area contributed by atoms with Gasteiger partial charge < -0.3 is 29.2 Å². The number of nitrogens with zero attached hydrogens (tertiary/aromatic N) is 3. The predicted molar refractivity (Wildman–Crippen MR) is 161 cm³/mol. The van der Waals surface area contributed by atoms with Gasteiger partial charge in [0.1, 0.15) is 30.0 Å². The Kier molecular flexibility index (Phi) is 8.30. The van der Waals surface area contributed by atoms with E-state index in [-0.39, 0.29) is 36.0 Å². The largest absolute Gasteiger partial charge is 0.497 e. The minimum absolute atomic E-state index is 0.0223. The Bertz CT molecular complexity index is 1560. The number of alkyl halides is 2. The number of halogens is 2. The third-order valence-corrected chi connectivity index (χ3v) is 9.62. The summed E-state index contributed by atoms with van der Waals surface area (Å²) in [6.45, 7) is 5.25. The van der Waals surface area contributed by atoms with Crippen molar-refractivity contribution in [3.8, 4) is 11.6 Å². The molecule has 248 valence electrons. The number of aromatic nitrogens is 2. The first-order valence-corrected chi connectivity index (χ1v) is 15.7. The second kappa shape index (κ2) is 12.0. The zero-order valence-corrected chi connectivity index (χ0v) is 26.6. The maximum absolute atomic E-state index is 15.9. The van der Waals surface area contributed by atoms with Gasteiger partial charge in [-0.1, -0.05) is 26.8 Å². The van der Waals surface area contributed by atoms with Gasteiger partial charge in [-0.15, -0.1) is 0 Å². The van der Waals surface area contributed by atoms with E-state index in [1.807, 2.05) is 0 Å². The van der Waals surface area contributed by atoms with Crippen molar-refractivity contribution >= 4 is 29.0 Å². The molecule has 3 fully saturated rings. The van der Waals surface area contributed by atoms with Crippen LogP contribution < -0.4 is 14.8 Å². The lowest BCUT2D eigenvalue weighted by atomic mass is 9.85. The molecule has 3 heterocycles. The van der Waals surface area contributed by atoms with Gasteiger partial charge in [-0.2, -0.15) is 8.78 Å². The lowest BCUT2D eigenvalue weighted by molar-refractivity contribution is -0.152. The van der Waals surface area contributed by atoms with E-state index in [2.05, 4.69) is 15.3 Å². The van der Waals surface area contributed by atoms with E-state index in [0.29, 0.717) is 36.8 Å². The zero-order chi connectivity index (χ0) is 33.0. The van der Waals surface area contributed by atoms with Crippen LogP contribution in [0, 0.1) is 23.2 Å². The quantitative estimate of drug-likeness (QED) is 0.364. The van der Waals surface area contributed by atoms with Crippen molar-refractivity contribution in [2.24, 2.45) is 23.2 Å². The normalized spacial score (nSPS) is 31.6. The number of carbonyl (C=O) groups is 3. The number of rotatable bonds is 2. The Morgan fingerprint density at radius 3 is 2.57 bits per heavy atom. The number of allylic oxidation sites excluding steroid dienone is 2. The van der Waals surface area contributed by atoms with Crippen LogP contribution in [0.15, 0.2) is 30.4 Å². The number of esters is 1. The topological polar surface area (TPSA) is 129 Å². The molecule has 2 amide bonds. The fourth-order valence-corrected chi connectivity index (χ4v) is 7.14. The van der Waals surface area contributed by atoms with Crippen LogP contribution in [0.2, 0.25) is 0 Å². The second-order valence-corrected chi connectivity index (χ2v) is 13.8. The van der Waals surface area contributed by atoms with Gasteiger partial charge in [0.05, 0.1) is 31.8 Å². The fraction of sp³-hybridized carbons (Fsp3) is 0.606. The maximum atomic E-state index is 15.9. The highest BCUT2D eigenvalue weighted by molar-refractivity contribution is 5.91. The number of hydrogen-bond donors (Lipinski definition) is 1. The molecule has 11 nitrogen and oxygen atoms in total. The zero-order valence-electron chi connectivity index (χ0n) is 26.6. The molecular weight excluding hydrogens is 602 g/mol. The maximum Gasteiger partial charge on any atom is 0.408 e. The van der Waals surface area contributed by atoms with Crippen molar-refractivity contribution in [1.82, 2.24) is 20.2 Å². The van der Waals surface area contributed by atoms with E-state index in [0.717, 1.165) is 12.5 Å². The molecule has 1 aromatic carbocycles. The number of benzene rings is 1. The molecule has 1 N–H and O–H groups in total. The fourth-order valence-electron chi connectivity index (χ4n) is 7.14. The molecule has 46 heavy (non-hydrogen) atoms. The van der Waals surface area contributed by atoms with Crippen LogP contribution in [0.5, 0.6) is 11.6 Å². The van der Waals surface area contributed by atoms with Crippen LogP contribution in [0.25, 0.3) is 11.0 Å². The molecule has 1 saturated heterocycles. The first kappa shape index (κ1) is 31.9. The number of methoxy groups -OCH3 is 2. The van der Waals surface area contributed by atoms with E-state index >= 15 is 8.78 Å². The van der Waals surface area contributed by atoms with Crippen molar-refractivity contribution in [3.05, 3.63) is 36.0 Å². The number of fused-ring (bicyclic) bond motifs is 7. The van der Waals surface area contributed by atoms with Crippen molar-refractivity contribution in [2.75, 3.05) is 20.8 Å². The standard InChI is InChI=1S/C33H40F2N4O7/c1-32(2,3)27-29(40)39-16-19(15-24(39)30(41)44-5)45-28-26(36-22-10-9-18(43-4)14-23(22)37-28)33(34,35)11-7-6-8-20-21-12-17(21)13-25(20)46-31(42)38-27/h7,9-11,14,17,19-21,24-25,27H,6,8,12-13,15-16H2,1-5H3,(H,38,42)/b11-7+/t17?,19-,20-,21+,24+,25-,27-/m1/s1. The first-order chi connectivity index (χ1) is 21.8. The molecule has 2 saturated carbocycles. The van der Waals surface area contributed by atoms with Crippen LogP contribution >= 0.6 is 0 Å². The van der Waals surface area contributed by atoms with E-state index in [9.17, 15) is 14.4 Å². The highest BCUT2D eigenvalue weighted by atomic mass is 19.3. The number of amides is 2. The number of nitrogens with one attached hydrogen (secondary N) is 1. The molecule has 2 aromatic rings. The minimum Gasteiger partial charge on any atom is -0.497 e. The number of alkyl carbamates (subject to hydrolysis) is 1. The molecule has 7 atom stereocenters. The summed E-state index contributed by atoms with van der Waals surface area (Å²) in [6, 6.07) is 2.57. The highest BCUT2D eigenvalue weighted by Gasteiger charge is 2.55. The van der Waals surface area contributed by atoms with Crippen molar-refractivity contribution in [3.63, 3.8) is 0 Å². The number of hydrogen-bond acceptors (Lipinski definition) is 9. The summed E-state index contributed by atoms with van der Waals surface area (Å²) in [5.41, 5.74) is -0.941. The van der Waals surface area contributed by atoms with Crippen LogP contribution in [0.4, 0.5) is 13.6 Å². The summed E-state index contributed by atoms with van der Waals surface area (Å²) >= 11 is 0. The van der Waals surface area contributed by atoms with Crippen LogP contribution in [-0.2, 0) is 25.0 Å². The molecule has 13 heteroatoms. The molecule has 2 aliphatic heterocycles. The second-order valence-electron chi connectivity index (χ2n) is 13.8. The van der Waals surface area contributed by atoms with Crippen LogP contribution in [-0.4, -0.2) is 77.9 Å². The average Bonchev–Trinajstić information content (AvgIpc) is 3.50. The summed E-state index contributed by atoms with van der Waals surface area (Å²) in [4.78, 5) is 50.3. The van der Waals surface area contributed by atoms with E-state index in [4.69, 9.17) is 18.9 Å². The van der Waals surface area contributed by atoms with E-state index in [1.54, 1.807) is 39.0 Å². The van der Waals surface area contributed by atoms with Gasteiger partial charge in [-0.05, 0) is 67.1 Å². The Hall–Kier alpha value is -4.03. The van der Waals surface area contributed by atoms with Crippen molar-refractivity contribution in [2.45, 2.75) is 83.1 Å². The Morgan fingerprint density at radius 1 is 1.07 bits per heavy atom. The summed E-state index contributed by atoms with van der Waals surface area (Å²) in [7, 11) is 2.68. The van der Waals surface area contributed by atoms with Gasteiger partial charge in [0.2, 0.25) is 11.8 Å². The van der Waals surface area contributed by atoms with Crippen LogP contribution in [0.3, 0.4) is 0 Å². The monoisotopic (exact) mass is 642 g/mol. The average molecular weight is 643 g/mol. The van der Waals surface area contributed by atoms with E-state index in [1.165, 1.54) is 25.2 Å². The number of ether oxygens (including phenoxy) is 4. The first-order valence-electron chi connectivity index (χ1n) is 15.7. The molecule has 0 radical (unpaired) electrons. The van der Waals surface area contributed by atoms with Crippen LogP contribution in [0.1, 0.15) is 58.6 Å². The lowest BCUT2D eigenvalue weighted by Crippen LogP contribution is -2.57. The third kappa shape index (κ3) is 6.20. The molecule has 2 aliphatic carbocycles. The molecule has 2 bridgehead atoms. The highest BCUT2D eigenvalue weighted by Crippen LogP contribution is 2.57. The van der Waals surface area contributed by atoms with Gasteiger partial charge in [-0.3, -0.25) is 4.79 Å². The summed E-state index contributed by atoms with van der Waals surface area (Å²) in [5, 5.41) is 2.78. The van der Waals surface area contributed by atoms with Gasteiger partial charge in [-0.25, -0.2) is 19.6 Å². The molecule has 0 spiro atoms. The van der Waals surface area contributed by atoms with Gasteiger partial charge in [0.15, 0.2) is 5.69 Å². The molecule has 1 aromatic heterocycles. The van der Waals surface area contributed by atoms with Crippen molar-refractivity contribution in [1.29, 1.82) is 0 Å². The Labute approximate surface area is 266 Å². The molecule has 6 rings (SSSR count). The summed E-state index contributed by atoms with van der Waals surface area (Å²) in [6.07, 6.45) is 2.81. The molecular formula is C33H40F2N4O7. The Balaban J connectivity index is 1.42. The smallest absolute Gasteiger partial charge is 0.408 e. The third-order valence-electron chi connectivity index (χ3n) is 9.62. The molecule has 1 unspecified atom stereocenters. The van der Waals surface area contributed by atoms with Gasteiger partial charge >= 0.3 is 18.0 Å². The lowest BCUT2D eigenvalue weighted by Gasteiger charge is -2.35. The minimum atomic E-state index is -3.55. The van der Waals surface area contributed by atoms with Gasteiger partial charge in [0, 0.05) is 12.5 Å².